The van der Waals surface area contributed by atoms with Crippen LogP contribution in [0.25, 0.3) is 10.8 Å². The molecule has 0 spiro atoms. The number of sulfonamides is 1. The molecule has 1 aliphatic heterocycles. The van der Waals surface area contributed by atoms with Crippen molar-refractivity contribution in [2.24, 2.45) is 0 Å². The fourth-order valence-electron chi connectivity index (χ4n) is 3.51. The van der Waals surface area contributed by atoms with Gasteiger partial charge in [0.2, 0.25) is 15.9 Å². The van der Waals surface area contributed by atoms with Gasteiger partial charge in [-0.25, -0.2) is 12.8 Å². The van der Waals surface area contributed by atoms with Crippen LogP contribution in [0.2, 0.25) is 0 Å². The average molecular weight is 398 g/mol. The smallest absolute Gasteiger partial charge is 0.243 e. The van der Waals surface area contributed by atoms with E-state index in [4.69, 9.17) is 0 Å². The molecule has 1 N–H and O–H groups in total. The summed E-state index contributed by atoms with van der Waals surface area (Å²) in [5, 5.41) is 4.46. The molecular weight excluding hydrogens is 379 g/mol. The Kier molecular flexibility index (Phi) is 4.87. The van der Waals surface area contributed by atoms with Gasteiger partial charge in [-0.2, -0.15) is 4.31 Å². The Morgan fingerprint density at radius 2 is 1.71 bits per heavy atom. The Hall–Kier alpha value is -2.77. The van der Waals surface area contributed by atoms with E-state index in [-0.39, 0.29) is 11.4 Å². The molecule has 0 unspecified atom stereocenters. The first-order valence-electron chi connectivity index (χ1n) is 9.02. The van der Waals surface area contributed by atoms with Crippen molar-refractivity contribution in [1.82, 2.24) is 4.31 Å². The van der Waals surface area contributed by atoms with Crippen molar-refractivity contribution >= 4 is 32.4 Å². The van der Waals surface area contributed by atoms with Gasteiger partial charge in [0.25, 0.3) is 0 Å². The predicted molar refractivity (Wildman–Crippen MR) is 106 cm³/mol. The normalized spacial score (nSPS) is 17.7. The molecule has 28 heavy (non-hydrogen) atoms. The van der Waals surface area contributed by atoms with Crippen LogP contribution in [0, 0.1) is 5.82 Å². The molecule has 144 valence electrons. The summed E-state index contributed by atoms with van der Waals surface area (Å²) in [6, 6.07) is 17.1. The topological polar surface area (TPSA) is 66.5 Å². The van der Waals surface area contributed by atoms with E-state index in [9.17, 15) is 17.6 Å². The second-order valence-electron chi connectivity index (χ2n) is 6.78. The highest BCUT2D eigenvalue weighted by atomic mass is 32.2. The number of fused-ring (bicyclic) bond motifs is 1. The fourth-order valence-corrected chi connectivity index (χ4v) is 5.20. The van der Waals surface area contributed by atoms with Crippen LogP contribution in [0.1, 0.15) is 12.8 Å². The number of nitrogens with one attached hydrogen (secondary N) is 1. The molecule has 4 rings (SSSR count). The van der Waals surface area contributed by atoms with Gasteiger partial charge in [-0.15, -0.1) is 0 Å². The number of anilines is 1. The third-order valence-electron chi connectivity index (χ3n) is 4.95. The molecule has 7 heteroatoms. The van der Waals surface area contributed by atoms with E-state index in [2.05, 4.69) is 5.32 Å². The minimum atomic E-state index is -3.81. The van der Waals surface area contributed by atoms with E-state index in [0.717, 1.165) is 10.8 Å². The van der Waals surface area contributed by atoms with Gasteiger partial charge in [0.05, 0.1) is 4.90 Å². The molecule has 0 aliphatic carbocycles. The lowest BCUT2D eigenvalue weighted by Crippen LogP contribution is -2.43. The largest absolute Gasteiger partial charge is 0.325 e. The summed E-state index contributed by atoms with van der Waals surface area (Å²) in [6.07, 6.45) is 1.05. The number of rotatable bonds is 4. The van der Waals surface area contributed by atoms with Crippen LogP contribution in [-0.4, -0.2) is 31.2 Å². The van der Waals surface area contributed by atoms with Crippen molar-refractivity contribution in [3.8, 4) is 0 Å². The summed E-state index contributed by atoms with van der Waals surface area (Å²) in [5.74, 6) is -0.812. The third-order valence-corrected chi connectivity index (χ3v) is 6.85. The second kappa shape index (κ2) is 7.33. The number of carbonyl (C=O) groups is 1. The maximum absolute atomic E-state index is 13.2. The van der Waals surface area contributed by atoms with Crippen LogP contribution in [0.3, 0.4) is 0 Å². The maximum Gasteiger partial charge on any atom is 0.243 e. The van der Waals surface area contributed by atoms with Crippen LogP contribution >= 0.6 is 0 Å². The quantitative estimate of drug-likeness (QED) is 0.728. The van der Waals surface area contributed by atoms with E-state index in [0.29, 0.717) is 18.5 Å². The van der Waals surface area contributed by atoms with Crippen LogP contribution in [-0.2, 0) is 14.8 Å². The Morgan fingerprint density at radius 3 is 2.46 bits per heavy atom. The highest BCUT2D eigenvalue weighted by Crippen LogP contribution is 2.29. The van der Waals surface area contributed by atoms with Crippen molar-refractivity contribution in [3.63, 3.8) is 0 Å². The van der Waals surface area contributed by atoms with Crippen molar-refractivity contribution < 1.29 is 17.6 Å². The van der Waals surface area contributed by atoms with E-state index in [1.807, 2.05) is 24.3 Å². The summed E-state index contributed by atoms with van der Waals surface area (Å²) in [5.41, 5.74) is 0.432. The van der Waals surface area contributed by atoms with Crippen molar-refractivity contribution in [1.29, 1.82) is 0 Å². The molecule has 3 aromatic rings. The van der Waals surface area contributed by atoms with E-state index >= 15 is 0 Å². The SMILES string of the molecule is O=C(Nc1ccc(F)cc1)[C@@H]1CCCN1S(=O)(=O)c1ccc2ccccc2c1. The summed E-state index contributed by atoms with van der Waals surface area (Å²) in [4.78, 5) is 12.9. The Labute approximate surface area is 162 Å². The first-order valence-corrected chi connectivity index (χ1v) is 10.5. The zero-order chi connectivity index (χ0) is 19.7. The lowest BCUT2D eigenvalue weighted by molar-refractivity contribution is -0.119. The lowest BCUT2D eigenvalue weighted by Gasteiger charge is -2.23. The monoisotopic (exact) mass is 398 g/mol. The van der Waals surface area contributed by atoms with Crippen molar-refractivity contribution in [2.75, 3.05) is 11.9 Å². The minimum Gasteiger partial charge on any atom is -0.325 e. The number of hydrogen-bond donors (Lipinski definition) is 1. The first-order chi connectivity index (χ1) is 13.4. The molecule has 5 nitrogen and oxygen atoms in total. The van der Waals surface area contributed by atoms with Gasteiger partial charge in [-0.3, -0.25) is 4.79 Å². The molecule has 0 saturated carbocycles. The number of halogens is 1. The molecule has 3 aromatic carbocycles. The molecule has 1 fully saturated rings. The first kappa shape index (κ1) is 18.6. The minimum absolute atomic E-state index is 0.174. The van der Waals surface area contributed by atoms with Crippen LogP contribution in [0.15, 0.2) is 71.6 Å². The van der Waals surface area contributed by atoms with E-state index in [1.165, 1.54) is 28.6 Å². The lowest BCUT2D eigenvalue weighted by atomic mass is 10.1. The van der Waals surface area contributed by atoms with Gasteiger partial charge in [-0.1, -0.05) is 30.3 Å². The van der Waals surface area contributed by atoms with Gasteiger partial charge < -0.3 is 5.32 Å². The number of amides is 1. The molecule has 1 saturated heterocycles. The van der Waals surface area contributed by atoms with Crippen molar-refractivity contribution in [2.45, 2.75) is 23.8 Å². The number of hydrogen-bond acceptors (Lipinski definition) is 3. The highest BCUT2D eigenvalue weighted by molar-refractivity contribution is 7.89. The number of benzene rings is 3. The summed E-state index contributed by atoms with van der Waals surface area (Å²) < 4.78 is 40.7. The molecule has 1 atom stereocenters. The van der Waals surface area contributed by atoms with Crippen LogP contribution in [0.4, 0.5) is 10.1 Å². The van der Waals surface area contributed by atoms with Gasteiger partial charge in [0.1, 0.15) is 11.9 Å². The second-order valence-corrected chi connectivity index (χ2v) is 8.67. The fraction of sp³-hybridized carbons (Fsp3) is 0.190. The maximum atomic E-state index is 13.2. The summed E-state index contributed by atoms with van der Waals surface area (Å²) in [7, 11) is -3.81. The molecule has 1 heterocycles. The summed E-state index contributed by atoms with van der Waals surface area (Å²) >= 11 is 0. The Morgan fingerprint density at radius 1 is 1.00 bits per heavy atom. The third kappa shape index (κ3) is 3.50. The zero-order valence-corrected chi connectivity index (χ0v) is 15.8. The zero-order valence-electron chi connectivity index (χ0n) is 15.0. The standard InChI is InChI=1S/C21H19FN2O3S/c22-17-8-10-18(11-9-17)23-21(25)20-6-3-13-24(20)28(26,27)19-12-7-15-4-1-2-5-16(15)14-19/h1-2,4-5,7-12,14,20H,3,6,13H2,(H,23,25)/t20-/m0/s1. The summed E-state index contributed by atoms with van der Waals surface area (Å²) in [6.45, 7) is 0.288. The molecular formula is C21H19FN2O3S. The Balaban J connectivity index is 1.60. The van der Waals surface area contributed by atoms with E-state index < -0.39 is 27.8 Å². The van der Waals surface area contributed by atoms with Gasteiger partial charge in [0, 0.05) is 12.2 Å². The molecule has 1 amide bonds. The van der Waals surface area contributed by atoms with Crippen molar-refractivity contribution in [3.05, 3.63) is 72.5 Å². The highest BCUT2D eigenvalue weighted by Gasteiger charge is 2.39. The van der Waals surface area contributed by atoms with Gasteiger partial charge in [-0.05, 0) is 60.0 Å². The molecule has 0 aromatic heterocycles. The van der Waals surface area contributed by atoms with Gasteiger partial charge >= 0.3 is 0 Å². The van der Waals surface area contributed by atoms with E-state index in [1.54, 1.807) is 18.2 Å². The molecule has 0 bridgehead atoms. The molecule has 1 aliphatic rings. The van der Waals surface area contributed by atoms with Crippen LogP contribution in [0.5, 0.6) is 0 Å². The predicted octanol–water partition coefficient (Wildman–Crippen LogP) is 3.77. The molecule has 0 radical (unpaired) electrons. The van der Waals surface area contributed by atoms with Gasteiger partial charge in [0.15, 0.2) is 0 Å². The average Bonchev–Trinajstić information content (AvgIpc) is 3.20. The Bertz CT molecular complexity index is 1130. The van der Waals surface area contributed by atoms with Crippen LogP contribution < -0.4 is 5.32 Å². The number of carbonyl (C=O) groups excluding carboxylic acids is 1. The number of nitrogens with zero attached hydrogens (tertiary/aromatic N) is 1.